The molecule has 0 radical (unpaired) electrons. The summed E-state index contributed by atoms with van der Waals surface area (Å²) in [4.78, 5) is 10.7. The van der Waals surface area contributed by atoms with Gasteiger partial charge in [0.25, 0.3) is 0 Å². The molecule has 0 aliphatic heterocycles. The van der Waals surface area contributed by atoms with Gasteiger partial charge >= 0.3 is 5.97 Å². The summed E-state index contributed by atoms with van der Waals surface area (Å²) in [5.74, 6) is -1.01. The van der Waals surface area contributed by atoms with Gasteiger partial charge in [0.1, 0.15) is 3.70 Å². The molecule has 0 unspecified atom stereocenters. The molecular weight excluding hydrogens is 318 g/mol. The number of carboxylic acids is 1. The van der Waals surface area contributed by atoms with Crippen LogP contribution < -0.4 is 0 Å². The number of carboxylic acid groups (broad SMARTS) is 1. The fourth-order valence-corrected chi connectivity index (χ4v) is 2.34. The van der Waals surface area contributed by atoms with Crippen LogP contribution in [0.15, 0.2) is 12.1 Å². The van der Waals surface area contributed by atoms with E-state index < -0.39 is 5.97 Å². The van der Waals surface area contributed by atoms with Gasteiger partial charge in [-0.05, 0) is 34.7 Å². The molecule has 0 aliphatic carbocycles. The Labute approximate surface area is 97.4 Å². The van der Waals surface area contributed by atoms with Crippen molar-refractivity contribution in [3.05, 3.63) is 26.4 Å². The van der Waals surface area contributed by atoms with E-state index in [-0.39, 0.29) is 5.56 Å². The van der Waals surface area contributed by atoms with E-state index in [4.69, 9.17) is 16.7 Å². The number of H-pyrrole nitrogens is 1. The van der Waals surface area contributed by atoms with Crippen molar-refractivity contribution in [2.45, 2.75) is 0 Å². The summed E-state index contributed by atoms with van der Waals surface area (Å²) in [6, 6.07) is 2.91. The van der Waals surface area contributed by atoms with Crippen molar-refractivity contribution in [1.82, 2.24) is 10.2 Å². The van der Waals surface area contributed by atoms with Gasteiger partial charge in [-0.15, -0.1) is 0 Å². The summed E-state index contributed by atoms with van der Waals surface area (Å²) < 4.78 is 0.805. The first-order valence-electron chi connectivity index (χ1n) is 3.66. The molecule has 2 rings (SSSR count). The van der Waals surface area contributed by atoms with Crippen LogP contribution in [-0.4, -0.2) is 21.3 Å². The third-order valence-corrected chi connectivity index (χ3v) is 2.89. The third kappa shape index (κ3) is 1.46. The lowest BCUT2D eigenvalue weighted by molar-refractivity contribution is 0.0697. The minimum Gasteiger partial charge on any atom is -0.478 e. The number of aromatic amines is 1. The zero-order valence-corrected chi connectivity index (χ0v) is 9.63. The fourth-order valence-electron chi connectivity index (χ4n) is 1.19. The summed E-state index contributed by atoms with van der Waals surface area (Å²) in [5, 5.41) is 16.6. The number of aromatic carboxylic acids is 1. The molecule has 2 aromatic rings. The molecule has 6 heteroatoms. The van der Waals surface area contributed by atoms with Gasteiger partial charge in [0, 0.05) is 0 Å². The zero-order valence-electron chi connectivity index (χ0n) is 6.71. The van der Waals surface area contributed by atoms with Crippen LogP contribution in [-0.2, 0) is 0 Å². The maximum absolute atomic E-state index is 10.7. The van der Waals surface area contributed by atoms with Gasteiger partial charge in [0.15, 0.2) is 0 Å². The first kappa shape index (κ1) is 9.72. The topological polar surface area (TPSA) is 66.0 Å². The minimum atomic E-state index is -1.01. The van der Waals surface area contributed by atoms with Gasteiger partial charge in [-0.1, -0.05) is 11.6 Å². The number of nitrogens with zero attached hydrogens (tertiary/aromatic N) is 1. The number of carbonyl (C=O) groups is 1. The lowest BCUT2D eigenvalue weighted by atomic mass is 10.2. The van der Waals surface area contributed by atoms with E-state index in [0.717, 1.165) is 9.09 Å². The molecule has 0 atom stereocenters. The second-order valence-corrected chi connectivity index (χ2v) is 4.18. The van der Waals surface area contributed by atoms with Crippen molar-refractivity contribution in [2.75, 3.05) is 0 Å². The number of fused-ring (bicyclic) bond motifs is 1. The maximum atomic E-state index is 10.7. The van der Waals surface area contributed by atoms with Crippen molar-refractivity contribution in [2.24, 2.45) is 0 Å². The van der Waals surface area contributed by atoms with E-state index in [2.05, 4.69) is 32.8 Å². The highest BCUT2D eigenvalue weighted by molar-refractivity contribution is 14.1. The van der Waals surface area contributed by atoms with Crippen molar-refractivity contribution in [1.29, 1.82) is 0 Å². The molecule has 2 N–H and O–H groups in total. The first-order chi connectivity index (χ1) is 6.59. The normalized spacial score (nSPS) is 10.7. The molecule has 1 aromatic carbocycles. The number of aromatic nitrogens is 2. The van der Waals surface area contributed by atoms with E-state index in [0.29, 0.717) is 10.5 Å². The Balaban J connectivity index is 2.80. The molecule has 1 heterocycles. The van der Waals surface area contributed by atoms with Crippen molar-refractivity contribution >= 4 is 51.1 Å². The van der Waals surface area contributed by atoms with Crippen LogP contribution in [0.5, 0.6) is 0 Å². The van der Waals surface area contributed by atoms with Crippen LogP contribution in [0.25, 0.3) is 10.9 Å². The molecule has 0 aliphatic rings. The Hall–Kier alpha value is -0.820. The van der Waals surface area contributed by atoms with Gasteiger partial charge in [-0.25, -0.2) is 4.79 Å². The Morgan fingerprint density at radius 3 is 2.93 bits per heavy atom. The third-order valence-electron chi connectivity index (χ3n) is 1.81. The number of nitrogens with one attached hydrogen (secondary N) is 1. The van der Waals surface area contributed by atoms with Gasteiger partial charge in [0.2, 0.25) is 0 Å². The molecule has 0 amide bonds. The molecule has 14 heavy (non-hydrogen) atoms. The standard InChI is InChI=1S/C8H4ClIN2O2/c9-4-1-3(8(13)14)2-5-6(4)7(10)12-11-5/h1-2H,(H,11,12)(H,13,14). The van der Waals surface area contributed by atoms with Crippen LogP contribution >= 0.6 is 34.2 Å². The molecule has 0 bridgehead atoms. The smallest absolute Gasteiger partial charge is 0.335 e. The van der Waals surface area contributed by atoms with Gasteiger partial charge < -0.3 is 5.11 Å². The largest absolute Gasteiger partial charge is 0.478 e. The number of hydrogen-bond donors (Lipinski definition) is 2. The number of hydrogen-bond acceptors (Lipinski definition) is 2. The number of halogens is 2. The quantitative estimate of drug-likeness (QED) is 0.793. The Kier molecular flexibility index (Phi) is 2.36. The molecule has 0 spiro atoms. The van der Waals surface area contributed by atoms with E-state index >= 15 is 0 Å². The second-order valence-electron chi connectivity index (χ2n) is 2.69. The number of benzene rings is 1. The van der Waals surface area contributed by atoms with Gasteiger partial charge in [-0.2, -0.15) is 5.10 Å². The van der Waals surface area contributed by atoms with Crippen LogP contribution in [0.4, 0.5) is 0 Å². The van der Waals surface area contributed by atoms with E-state index in [1.54, 1.807) is 0 Å². The van der Waals surface area contributed by atoms with Crippen LogP contribution in [0, 0.1) is 3.70 Å². The summed E-state index contributed by atoms with van der Waals surface area (Å²) in [7, 11) is 0. The lowest BCUT2D eigenvalue weighted by Crippen LogP contribution is -1.95. The minimum absolute atomic E-state index is 0.144. The highest BCUT2D eigenvalue weighted by Crippen LogP contribution is 2.27. The number of rotatable bonds is 1. The predicted octanol–water partition coefficient (Wildman–Crippen LogP) is 2.52. The molecule has 0 saturated heterocycles. The summed E-state index contributed by atoms with van der Waals surface area (Å²) in [6.45, 7) is 0. The van der Waals surface area contributed by atoms with Crippen LogP contribution in [0.3, 0.4) is 0 Å². The summed E-state index contributed by atoms with van der Waals surface area (Å²) >= 11 is 7.98. The highest BCUT2D eigenvalue weighted by atomic mass is 127. The molecule has 1 aromatic heterocycles. The van der Waals surface area contributed by atoms with Gasteiger partial charge in [0.05, 0.1) is 21.5 Å². The van der Waals surface area contributed by atoms with Crippen molar-refractivity contribution < 1.29 is 9.90 Å². The summed E-state index contributed by atoms with van der Waals surface area (Å²) in [5.41, 5.74) is 0.713. The summed E-state index contributed by atoms with van der Waals surface area (Å²) in [6.07, 6.45) is 0. The van der Waals surface area contributed by atoms with Crippen LogP contribution in [0.1, 0.15) is 10.4 Å². The molecular formula is C8H4ClIN2O2. The van der Waals surface area contributed by atoms with Crippen LogP contribution in [0.2, 0.25) is 5.02 Å². The van der Waals surface area contributed by atoms with Crippen molar-refractivity contribution in [3.8, 4) is 0 Å². The SMILES string of the molecule is O=C(O)c1cc(Cl)c2c(I)[nH]nc2c1. The average molecular weight is 322 g/mol. The Bertz CT molecular complexity index is 523. The molecule has 0 saturated carbocycles. The fraction of sp³-hybridized carbons (Fsp3) is 0. The van der Waals surface area contributed by atoms with E-state index in [1.165, 1.54) is 12.1 Å². The zero-order chi connectivity index (χ0) is 10.3. The lowest BCUT2D eigenvalue weighted by Gasteiger charge is -1.97. The van der Waals surface area contributed by atoms with Gasteiger partial charge in [-0.3, -0.25) is 5.10 Å². The van der Waals surface area contributed by atoms with Crippen molar-refractivity contribution in [3.63, 3.8) is 0 Å². The predicted molar refractivity (Wildman–Crippen MR) is 60.8 cm³/mol. The average Bonchev–Trinajstić information content (AvgIpc) is 2.48. The first-order valence-corrected chi connectivity index (χ1v) is 5.11. The maximum Gasteiger partial charge on any atom is 0.335 e. The monoisotopic (exact) mass is 322 g/mol. The Morgan fingerprint density at radius 1 is 1.57 bits per heavy atom. The van der Waals surface area contributed by atoms with E-state index in [9.17, 15) is 4.79 Å². The molecule has 4 nitrogen and oxygen atoms in total. The Morgan fingerprint density at radius 2 is 2.29 bits per heavy atom. The molecule has 72 valence electrons. The van der Waals surface area contributed by atoms with E-state index in [1.807, 2.05) is 0 Å². The second kappa shape index (κ2) is 3.39. The molecule has 0 fully saturated rings. The highest BCUT2D eigenvalue weighted by Gasteiger charge is 2.12.